The zero-order valence-electron chi connectivity index (χ0n) is 32.8. The Morgan fingerprint density at radius 3 is 2.34 bits per heavy atom. The van der Waals surface area contributed by atoms with Gasteiger partial charge in [0.25, 0.3) is 17.4 Å². The number of rotatable bonds is 9. The lowest BCUT2D eigenvalue weighted by molar-refractivity contribution is -0.138. The van der Waals surface area contributed by atoms with Gasteiger partial charge in [0.05, 0.1) is 54.9 Å². The van der Waals surface area contributed by atoms with Crippen LogP contribution in [0.1, 0.15) is 35.2 Å². The fourth-order valence-electron chi connectivity index (χ4n) is 9.36. The lowest BCUT2D eigenvalue weighted by Gasteiger charge is -2.49. The van der Waals surface area contributed by atoms with Crippen LogP contribution in [-0.4, -0.2) is 59.6 Å². The lowest BCUT2D eigenvalue weighted by atomic mass is 9.53. The number of hydrazine groups is 1. The number of anilines is 1. The van der Waals surface area contributed by atoms with Gasteiger partial charge in [-0.15, -0.1) is 0 Å². The molecule has 2 fully saturated rings. The fourth-order valence-corrected chi connectivity index (χ4v) is 9.48. The zero-order chi connectivity index (χ0) is 43.1. The zero-order valence-corrected chi connectivity index (χ0v) is 33.5. The summed E-state index contributed by atoms with van der Waals surface area (Å²) in [6.07, 6.45) is 1.36. The summed E-state index contributed by atoms with van der Waals surface area (Å²) in [5, 5.41) is 12.6. The van der Waals surface area contributed by atoms with Crippen molar-refractivity contribution in [3.05, 3.63) is 155 Å². The number of fused-ring (bicyclic) bond motifs is 5. The Hall–Kier alpha value is -7.01. The topological polar surface area (TPSA) is 172 Å². The first-order valence-corrected chi connectivity index (χ1v) is 19.6. The van der Waals surface area contributed by atoms with Gasteiger partial charge in [-0.1, -0.05) is 41.9 Å². The number of benzene rings is 4. The van der Waals surface area contributed by atoms with Crippen LogP contribution in [0.15, 0.2) is 105 Å². The van der Waals surface area contributed by atoms with E-state index in [0.29, 0.717) is 38.7 Å². The molecular weight excluding hydrogens is 816 g/mol. The molecule has 2 aromatic heterocycles. The third-order valence-electron chi connectivity index (χ3n) is 12.1. The van der Waals surface area contributed by atoms with Gasteiger partial charge in [-0.05, 0) is 60.0 Å². The first kappa shape index (κ1) is 39.5. The molecule has 4 heterocycles. The number of para-hydroxylation sites is 1. The van der Waals surface area contributed by atoms with Crippen LogP contribution in [0.5, 0.6) is 17.2 Å². The number of methoxy groups -OCH3 is 2. The van der Waals surface area contributed by atoms with Crippen LogP contribution in [0.4, 0.5) is 14.5 Å². The Bertz CT molecular complexity index is 3030. The van der Waals surface area contributed by atoms with E-state index in [2.05, 4.69) is 10.4 Å². The maximum absolute atomic E-state index is 15.4. The van der Waals surface area contributed by atoms with E-state index in [1.54, 1.807) is 49.5 Å². The monoisotopic (exact) mass is 851 g/mol. The fraction of sp³-hybridized carbons (Fsp3) is 0.256. The second-order valence-corrected chi connectivity index (χ2v) is 15.5. The molecule has 2 aliphatic heterocycles. The maximum atomic E-state index is 15.4. The van der Waals surface area contributed by atoms with Crippen molar-refractivity contribution in [2.45, 2.75) is 43.3 Å². The molecule has 0 bridgehead atoms. The number of amides is 2. The summed E-state index contributed by atoms with van der Waals surface area (Å²) < 4.78 is 44.9. The minimum Gasteiger partial charge on any atom is -0.505 e. The van der Waals surface area contributed by atoms with Gasteiger partial charge in [0, 0.05) is 48.6 Å². The van der Waals surface area contributed by atoms with Crippen LogP contribution in [0.3, 0.4) is 0 Å². The van der Waals surface area contributed by atoms with E-state index in [-0.39, 0.29) is 42.9 Å². The summed E-state index contributed by atoms with van der Waals surface area (Å²) in [7, 11) is 4.51. The van der Waals surface area contributed by atoms with Crippen molar-refractivity contribution in [2.24, 2.45) is 13.0 Å². The SMILES string of the molecule is COc1cc2nc(CCn3c(=O)n4n(c3=O)C3CC5C(=O)N(Nc6ccc(F)cc6)C(=O)C5(c5ccc(Cl)cc5)C(c5cccc(F)c5O)C3=CC4)c(=O)n(C)c2cc1OC. The molecule has 2 N–H and O–H groups in total. The van der Waals surface area contributed by atoms with Gasteiger partial charge in [0.1, 0.15) is 11.5 Å². The van der Waals surface area contributed by atoms with E-state index in [4.69, 9.17) is 21.1 Å². The molecule has 18 heteroatoms. The van der Waals surface area contributed by atoms with Gasteiger partial charge in [-0.3, -0.25) is 19.8 Å². The first-order valence-electron chi connectivity index (χ1n) is 19.2. The molecule has 6 aromatic rings. The Balaban J connectivity index is 1.17. The Kier molecular flexibility index (Phi) is 9.45. The molecule has 312 valence electrons. The summed E-state index contributed by atoms with van der Waals surface area (Å²) in [6.45, 7) is -0.412. The summed E-state index contributed by atoms with van der Waals surface area (Å²) in [5.41, 5.74) is 0.921. The Morgan fingerprint density at radius 1 is 0.934 bits per heavy atom. The highest BCUT2D eigenvalue weighted by atomic mass is 35.5. The number of aryl methyl sites for hydroxylation is 2. The van der Waals surface area contributed by atoms with E-state index < -0.39 is 69.4 Å². The van der Waals surface area contributed by atoms with Crippen molar-refractivity contribution in [1.29, 1.82) is 0 Å². The molecule has 0 radical (unpaired) electrons. The quantitative estimate of drug-likeness (QED) is 0.155. The number of aromatic nitrogens is 5. The summed E-state index contributed by atoms with van der Waals surface area (Å²) >= 11 is 6.33. The molecule has 1 aliphatic carbocycles. The first-order chi connectivity index (χ1) is 29.3. The van der Waals surface area contributed by atoms with E-state index >= 15 is 9.18 Å². The van der Waals surface area contributed by atoms with Crippen LogP contribution in [-0.2, 0) is 41.6 Å². The molecule has 4 unspecified atom stereocenters. The largest absolute Gasteiger partial charge is 0.505 e. The number of phenolic OH excluding ortho intramolecular Hbond substituents is 1. The third kappa shape index (κ3) is 5.89. The number of nitrogens with zero attached hydrogens (tertiary/aromatic N) is 6. The highest BCUT2D eigenvalue weighted by Crippen LogP contribution is 2.63. The molecule has 15 nitrogen and oxygen atoms in total. The maximum Gasteiger partial charge on any atom is 0.347 e. The molecule has 9 rings (SSSR count). The van der Waals surface area contributed by atoms with Crippen molar-refractivity contribution in [1.82, 2.24) is 28.5 Å². The second kappa shape index (κ2) is 14.6. The van der Waals surface area contributed by atoms with Gasteiger partial charge in [-0.2, -0.15) is 5.01 Å². The van der Waals surface area contributed by atoms with Gasteiger partial charge < -0.3 is 19.1 Å². The minimum atomic E-state index is -1.86. The smallest absolute Gasteiger partial charge is 0.347 e. The van der Waals surface area contributed by atoms with Crippen molar-refractivity contribution in [2.75, 3.05) is 19.6 Å². The number of ether oxygens (including phenoxy) is 2. The van der Waals surface area contributed by atoms with Crippen LogP contribution < -0.4 is 31.8 Å². The highest BCUT2D eigenvalue weighted by molar-refractivity contribution is 6.30. The number of carbonyl (C=O) groups is 2. The molecule has 0 spiro atoms. The molecule has 4 atom stereocenters. The highest BCUT2D eigenvalue weighted by Gasteiger charge is 2.69. The van der Waals surface area contributed by atoms with E-state index in [1.165, 1.54) is 52.4 Å². The summed E-state index contributed by atoms with van der Waals surface area (Å²) in [4.78, 5) is 76.8. The average molecular weight is 852 g/mol. The number of halogens is 3. The lowest BCUT2D eigenvalue weighted by Crippen LogP contribution is -2.53. The van der Waals surface area contributed by atoms with Crippen LogP contribution in [0.2, 0.25) is 5.02 Å². The third-order valence-corrected chi connectivity index (χ3v) is 12.4. The van der Waals surface area contributed by atoms with Crippen LogP contribution in [0, 0.1) is 17.6 Å². The Labute approximate surface area is 349 Å². The number of hydrogen-bond acceptors (Lipinski definition) is 10. The van der Waals surface area contributed by atoms with Gasteiger partial charge >= 0.3 is 11.4 Å². The molecule has 3 aliphatic rings. The predicted molar refractivity (Wildman–Crippen MR) is 218 cm³/mol. The van der Waals surface area contributed by atoms with E-state index in [1.807, 2.05) is 0 Å². The van der Waals surface area contributed by atoms with Gasteiger partial charge in [0.15, 0.2) is 23.1 Å². The van der Waals surface area contributed by atoms with E-state index in [0.717, 1.165) is 27.8 Å². The van der Waals surface area contributed by atoms with Gasteiger partial charge in [-0.25, -0.2) is 37.3 Å². The number of nitrogens with one attached hydrogen (secondary N) is 1. The normalized spacial score (nSPS) is 20.6. The van der Waals surface area contributed by atoms with Crippen LogP contribution >= 0.6 is 11.6 Å². The molecule has 2 amide bonds. The number of imide groups is 1. The standard InChI is InChI=1S/C43H36ClF2N7O8/c1-49-33-21-35(61-3)34(60-2)20-31(33)47-30(39(49)56)16-17-50-41(58)51-18-15-26-32(53(51)42(50)59)19-28-38(55)52(48-25-13-11-24(45)12-14-25)40(57)43(28,22-7-9-23(44)10-8-22)36(26)27-5-4-6-29(46)37(27)54/h4-15,20-21,28,32,36,48,54H,16-19H2,1-3H3. The minimum absolute atomic E-state index is 0.0311. The van der Waals surface area contributed by atoms with E-state index in [9.17, 15) is 28.7 Å². The molecule has 1 saturated heterocycles. The number of aromatic hydroxyl groups is 1. The number of phenols is 1. The molecule has 4 aromatic carbocycles. The number of allylic oxidation sites excluding steroid dienone is 2. The predicted octanol–water partition coefficient (Wildman–Crippen LogP) is 4.57. The average Bonchev–Trinajstić information content (AvgIpc) is 3.63. The number of carbonyl (C=O) groups excluding carboxylic acids is 2. The van der Waals surface area contributed by atoms with Gasteiger partial charge in [0.2, 0.25) is 0 Å². The molecular formula is C43H36ClF2N7O8. The molecule has 1 saturated carbocycles. The van der Waals surface area contributed by atoms with Crippen LogP contribution in [0.25, 0.3) is 11.0 Å². The summed E-state index contributed by atoms with van der Waals surface area (Å²) in [5.74, 6) is -5.53. The molecule has 61 heavy (non-hydrogen) atoms. The van der Waals surface area contributed by atoms with Crippen molar-refractivity contribution in [3.63, 3.8) is 0 Å². The number of hydrogen-bond donors (Lipinski definition) is 2. The van der Waals surface area contributed by atoms with Crippen molar-refractivity contribution >= 4 is 40.1 Å². The Morgan fingerprint density at radius 2 is 1.64 bits per heavy atom. The van der Waals surface area contributed by atoms with Crippen molar-refractivity contribution < 1.29 is 33.0 Å². The summed E-state index contributed by atoms with van der Waals surface area (Å²) in [6, 6.07) is 17.4. The second-order valence-electron chi connectivity index (χ2n) is 15.1. The van der Waals surface area contributed by atoms with Crippen molar-refractivity contribution in [3.8, 4) is 17.2 Å².